The van der Waals surface area contributed by atoms with Crippen LogP contribution >= 0.6 is 0 Å². The van der Waals surface area contributed by atoms with E-state index in [0.29, 0.717) is 24.8 Å². The molecular weight excluding hydrogens is 190 g/mol. The van der Waals surface area contributed by atoms with Gasteiger partial charge in [-0.05, 0) is 12.8 Å². The van der Waals surface area contributed by atoms with E-state index in [1.54, 1.807) is 6.07 Å². The van der Waals surface area contributed by atoms with Crippen molar-refractivity contribution in [1.29, 1.82) is 0 Å². The van der Waals surface area contributed by atoms with Crippen molar-refractivity contribution in [2.24, 2.45) is 5.92 Å². The minimum absolute atomic E-state index is 0.502. The lowest BCUT2D eigenvalue weighted by Crippen LogP contribution is -2.05. The molecule has 0 saturated heterocycles. The van der Waals surface area contributed by atoms with E-state index in [0.717, 1.165) is 11.5 Å². The van der Waals surface area contributed by atoms with Gasteiger partial charge in [0.25, 0.3) is 0 Å². The van der Waals surface area contributed by atoms with Gasteiger partial charge in [-0.15, -0.1) is 0 Å². The van der Waals surface area contributed by atoms with Gasteiger partial charge in [0.15, 0.2) is 0 Å². The van der Waals surface area contributed by atoms with Gasteiger partial charge in [-0.1, -0.05) is 13.8 Å². The molecule has 1 aromatic carbocycles. The molecule has 0 unspecified atom stereocenters. The van der Waals surface area contributed by atoms with Gasteiger partial charge in [-0.3, -0.25) is 0 Å². The van der Waals surface area contributed by atoms with E-state index >= 15 is 0 Å². The Morgan fingerprint density at radius 2 is 1.73 bits per heavy atom. The van der Waals surface area contributed by atoms with Gasteiger partial charge < -0.3 is 15.2 Å². The molecule has 0 atom stereocenters. The number of ether oxygens (including phenoxy) is 2. The minimum Gasteiger partial charge on any atom is -0.494 e. The summed E-state index contributed by atoms with van der Waals surface area (Å²) in [7, 11) is 0. The molecular formula is C12H19NO2. The van der Waals surface area contributed by atoms with Crippen LogP contribution in [0.2, 0.25) is 0 Å². The molecule has 15 heavy (non-hydrogen) atoms. The molecule has 1 rings (SSSR count). The number of nitrogens with two attached hydrogens (primary N) is 1. The normalized spacial score (nSPS) is 10.4. The minimum atomic E-state index is 0.502. The molecule has 3 heteroatoms. The van der Waals surface area contributed by atoms with Crippen LogP contribution in [-0.4, -0.2) is 13.2 Å². The van der Waals surface area contributed by atoms with Crippen molar-refractivity contribution in [1.82, 2.24) is 0 Å². The summed E-state index contributed by atoms with van der Waals surface area (Å²) >= 11 is 0. The summed E-state index contributed by atoms with van der Waals surface area (Å²) in [6.07, 6.45) is 0. The monoisotopic (exact) mass is 209 g/mol. The maximum absolute atomic E-state index is 5.74. The van der Waals surface area contributed by atoms with Crippen molar-refractivity contribution in [3.63, 3.8) is 0 Å². The highest BCUT2D eigenvalue weighted by molar-refractivity contribution is 5.50. The van der Waals surface area contributed by atoms with Crippen LogP contribution in [-0.2, 0) is 0 Å². The molecule has 0 saturated carbocycles. The molecule has 0 aliphatic carbocycles. The zero-order valence-corrected chi connectivity index (χ0v) is 9.62. The number of rotatable bonds is 5. The summed E-state index contributed by atoms with van der Waals surface area (Å²) in [6, 6.07) is 5.47. The highest BCUT2D eigenvalue weighted by Gasteiger charge is 2.02. The Kier molecular flexibility index (Phi) is 4.28. The van der Waals surface area contributed by atoms with Gasteiger partial charge in [0.1, 0.15) is 11.5 Å². The number of hydrogen-bond donors (Lipinski definition) is 1. The molecule has 2 N–H and O–H groups in total. The Morgan fingerprint density at radius 1 is 1.13 bits per heavy atom. The van der Waals surface area contributed by atoms with Gasteiger partial charge in [0, 0.05) is 23.9 Å². The number of nitrogen functional groups attached to an aromatic ring is 1. The first-order valence-electron chi connectivity index (χ1n) is 5.28. The molecule has 0 aromatic heterocycles. The summed E-state index contributed by atoms with van der Waals surface area (Å²) in [5.41, 5.74) is 6.40. The third kappa shape index (κ3) is 4.11. The van der Waals surface area contributed by atoms with Gasteiger partial charge in [0.05, 0.1) is 13.2 Å². The Balaban J connectivity index is 2.70. The van der Waals surface area contributed by atoms with Gasteiger partial charge in [-0.2, -0.15) is 0 Å². The maximum Gasteiger partial charge on any atom is 0.125 e. The highest BCUT2D eigenvalue weighted by atomic mass is 16.5. The van der Waals surface area contributed by atoms with Crippen LogP contribution in [0.3, 0.4) is 0 Å². The van der Waals surface area contributed by atoms with Gasteiger partial charge in [-0.25, -0.2) is 0 Å². The molecule has 1 aromatic rings. The topological polar surface area (TPSA) is 44.5 Å². The second-order valence-electron chi connectivity index (χ2n) is 3.88. The first-order valence-corrected chi connectivity index (χ1v) is 5.28. The fourth-order valence-corrected chi connectivity index (χ4v) is 1.19. The average Bonchev–Trinajstić information content (AvgIpc) is 2.14. The van der Waals surface area contributed by atoms with Crippen molar-refractivity contribution < 1.29 is 9.47 Å². The zero-order valence-electron chi connectivity index (χ0n) is 9.62. The molecule has 0 amide bonds. The highest BCUT2D eigenvalue weighted by Crippen LogP contribution is 2.24. The van der Waals surface area contributed by atoms with Gasteiger partial charge in [0.2, 0.25) is 0 Å². The maximum atomic E-state index is 5.74. The van der Waals surface area contributed by atoms with E-state index < -0.39 is 0 Å². The van der Waals surface area contributed by atoms with Crippen molar-refractivity contribution in [2.75, 3.05) is 18.9 Å². The fraction of sp³-hybridized carbons (Fsp3) is 0.500. The van der Waals surface area contributed by atoms with E-state index in [2.05, 4.69) is 13.8 Å². The van der Waals surface area contributed by atoms with Crippen LogP contribution in [0.5, 0.6) is 11.5 Å². The van der Waals surface area contributed by atoms with E-state index in [1.807, 2.05) is 19.1 Å². The van der Waals surface area contributed by atoms with E-state index in [4.69, 9.17) is 15.2 Å². The van der Waals surface area contributed by atoms with Crippen molar-refractivity contribution in [3.8, 4) is 11.5 Å². The molecule has 0 fully saturated rings. The quantitative estimate of drug-likeness (QED) is 0.758. The van der Waals surface area contributed by atoms with Crippen LogP contribution in [0.1, 0.15) is 20.8 Å². The SMILES string of the molecule is CCOc1cc(N)cc(OCC(C)C)c1. The fourth-order valence-electron chi connectivity index (χ4n) is 1.19. The number of benzene rings is 1. The summed E-state index contributed by atoms with van der Waals surface area (Å²) in [5, 5.41) is 0. The lowest BCUT2D eigenvalue weighted by molar-refractivity contribution is 0.268. The van der Waals surface area contributed by atoms with Crippen LogP contribution in [0.4, 0.5) is 5.69 Å². The second-order valence-corrected chi connectivity index (χ2v) is 3.88. The zero-order chi connectivity index (χ0) is 11.3. The van der Waals surface area contributed by atoms with Gasteiger partial charge >= 0.3 is 0 Å². The molecule has 0 aliphatic heterocycles. The Morgan fingerprint density at radius 3 is 2.27 bits per heavy atom. The number of hydrogen-bond acceptors (Lipinski definition) is 3. The molecule has 3 nitrogen and oxygen atoms in total. The second kappa shape index (κ2) is 5.49. The molecule has 0 aliphatic rings. The van der Waals surface area contributed by atoms with E-state index in [1.165, 1.54) is 0 Å². The van der Waals surface area contributed by atoms with Crippen LogP contribution in [0, 0.1) is 5.92 Å². The summed E-state index contributed by atoms with van der Waals surface area (Å²) in [5.74, 6) is 2.03. The Labute approximate surface area is 91.2 Å². The lowest BCUT2D eigenvalue weighted by Gasteiger charge is -2.11. The Hall–Kier alpha value is -1.38. The molecule has 0 spiro atoms. The predicted molar refractivity (Wildman–Crippen MR) is 62.4 cm³/mol. The molecule has 0 bridgehead atoms. The largest absolute Gasteiger partial charge is 0.494 e. The average molecular weight is 209 g/mol. The van der Waals surface area contributed by atoms with Crippen LogP contribution in [0.25, 0.3) is 0 Å². The lowest BCUT2D eigenvalue weighted by atomic mass is 10.2. The van der Waals surface area contributed by atoms with Crippen molar-refractivity contribution >= 4 is 5.69 Å². The summed E-state index contributed by atoms with van der Waals surface area (Å²) < 4.78 is 10.9. The Bertz CT molecular complexity index is 310. The predicted octanol–water partition coefficient (Wildman–Crippen LogP) is 2.70. The van der Waals surface area contributed by atoms with Crippen molar-refractivity contribution in [3.05, 3.63) is 18.2 Å². The standard InChI is InChI=1S/C12H19NO2/c1-4-14-11-5-10(13)6-12(7-11)15-8-9(2)3/h5-7,9H,4,8,13H2,1-3H3. The van der Waals surface area contributed by atoms with E-state index in [-0.39, 0.29) is 0 Å². The first kappa shape index (κ1) is 11.7. The van der Waals surface area contributed by atoms with Crippen molar-refractivity contribution in [2.45, 2.75) is 20.8 Å². The van der Waals surface area contributed by atoms with E-state index in [9.17, 15) is 0 Å². The third-order valence-corrected chi connectivity index (χ3v) is 1.80. The molecule has 84 valence electrons. The smallest absolute Gasteiger partial charge is 0.125 e. The molecule has 0 heterocycles. The van der Waals surface area contributed by atoms with Crippen LogP contribution in [0.15, 0.2) is 18.2 Å². The first-order chi connectivity index (χ1) is 7.11. The van der Waals surface area contributed by atoms with Crippen LogP contribution < -0.4 is 15.2 Å². The summed E-state index contributed by atoms with van der Waals surface area (Å²) in [6.45, 7) is 7.48. The molecule has 0 radical (unpaired) electrons. The number of anilines is 1. The summed E-state index contributed by atoms with van der Waals surface area (Å²) in [4.78, 5) is 0. The third-order valence-electron chi connectivity index (χ3n) is 1.80.